The Balaban J connectivity index is 1.66. The molecule has 0 radical (unpaired) electrons. The largest absolute Gasteiger partial charge is 0.381 e. The Kier molecular flexibility index (Phi) is 7.29. The van der Waals surface area contributed by atoms with Crippen molar-refractivity contribution >= 4 is 33.1 Å². The van der Waals surface area contributed by atoms with Gasteiger partial charge in [-0.25, -0.2) is 8.42 Å². The van der Waals surface area contributed by atoms with Gasteiger partial charge in [-0.05, 0) is 44.4 Å². The number of anilines is 1. The summed E-state index contributed by atoms with van der Waals surface area (Å²) in [5.74, 6) is 0.667. The first-order chi connectivity index (χ1) is 13.8. The molecular weight excluding hydrogens is 412 g/mol. The van der Waals surface area contributed by atoms with Crippen LogP contribution in [0.5, 0.6) is 0 Å². The number of rotatable bonds is 6. The second-order valence-corrected chi connectivity index (χ2v) is 10.7. The van der Waals surface area contributed by atoms with Crippen LogP contribution in [0.1, 0.15) is 26.2 Å². The van der Waals surface area contributed by atoms with Crippen LogP contribution in [0.4, 0.5) is 5.69 Å². The lowest BCUT2D eigenvalue weighted by Crippen LogP contribution is -2.49. The standard InChI is InChI=1S/C20H31ClN4O3S/c1-3-22-19(23-15-20(29(2,26)27)8-11-28-12-9-20)24-17-7-10-25(14-17)18-6-4-5-16(21)13-18/h4-6,13,17H,3,7-12,14-15H2,1-2H3,(H2,22,23,24). The smallest absolute Gasteiger partial charge is 0.191 e. The number of nitrogens with zero attached hydrogens (tertiary/aromatic N) is 2. The molecule has 2 aliphatic rings. The van der Waals surface area contributed by atoms with Crippen LogP contribution in [0.25, 0.3) is 0 Å². The zero-order valence-electron chi connectivity index (χ0n) is 17.2. The lowest BCUT2D eigenvalue weighted by atomic mass is 9.99. The minimum Gasteiger partial charge on any atom is -0.381 e. The number of guanidine groups is 1. The molecular formula is C20H31ClN4O3S. The third-order valence-corrected chi connectivity index (χ3v) is 8.11. The van der Waals surface area contributed by atoms with E-state index >= 15 is 0 Å². The number of benzene rings is 1. The van der Waals surface area contributed by atoms with Crippen LogP contribution < -0.4 is 15.5 Å². The van der Waals surface area contributed by atoms with Crippen molar-refractivity contribution in [3.8, 4) is 0 Å². The van der Waals surface area contributed by atoms with Crippen LogP contribution in [0.15, 0.2) is 29.3 Å². The van der Waals surface area contributed by atoms with E-state index in [0.717, 1.165) is 30.2 Å². The van der Waals surface area contributed by atoms with Gasteiger partial charge in [-0.2, -0.15) is 0 Å². The van der Waals surface area contributed by atoms with Gasteiger partial charge in [0.25, 0.3) is 0 Å². The van der Waals surface area contributed by atoms with Crippen LogP contribution in [0.3, 0.4) is 0 Å². The van der Waals surface area contributed by atoms with E-state index in [-0.39, 0.29) is 12.6 Å². The number of aliphatic imine (C=N–C) groups is 1. The summed E-state index contributed by atoms with van der Waals surface area (Å²) in [7, 11) is -3.24. The maximum Gasteiger partial charge on any atom is 0.191 e. The number of nitrogens with one attached hydrogen (secondary N) is 2. The predicted octanol–water partition coefficient (Wildman–Crippen LogP) is 2.07. The number of sulfone groups is 1. The maximum atomic E-state index is 12.5. The summed E-state index contributed by atoms with van der Waals surface area (Å²) in [5, 5.41) is 7.47. The van der Waals surface area contributed by atoms with Crippen molar-refractivity contribution in [2.24, 2.45) is 4.99 Å². The summed E-state index contributed by atoms with van der Waals surface area (Å²) in [6.45, 7) is 5.66. The highest BCUT2D eigenvalue weighted by Crippen LogP contribution is 2.30. The number of hydrogen-bond acceptors (Lipinski definition) is 5. The summed E-state index contributed by atoms with van der Waals surface area (Å²) in [6, 6.07) is 8.11. The summed E-state index contributed by atoms with van der Waals surface area (Å²) >= 11 is 6.12. The molecule has 2 saturated heterocycles. The average Bonchev–Trinajstić information content (AvgIpc) is 3.15. The quantitative estimate of drug-likeness (QED) is 0.518. The van der Waals surface area contributed by atoms with E-state index in [1.807, 2.05) is 25.1 Å². The second kappa shape index (κ2) is 9.53. The molecule has 0 bridgehead atoms. The van der Waals surface area contributed by atoms with Gasteiger partial charge in [0.05, 0.1) is 11.3 Å². The molecule has 0 saturated carbocycles. The van der Waals surface area contributed by atoms with Gasteiger partial charge < -0.3 is 20.3 Å². The van der Waals surface area contributed by atoms with E-state index in [4.69, 9.17) is 16.3 Å². The van der Waals surface area contributed by atoms with Crippen LogP contribution in [0.2, 0.25) is 5.02 Å². The molecule has 1 atom stereocenters. The van der Waals surface area contributed by atoms with Gasteiger partial charge in [0.2, 0.25) is 0 Å². The normalized spacial score (nSPS) is 22.5. The number of halogens is 1. The van der Waals surface area contributed by atoms with Crippen molar-refractivity contribution in [2.75, 3.05) is 50.5 Å². The zero-order chi connectivity index (χ0) is 20.9. The molecule has 1 aromatic carbocycles. The molecule has 1 unspecified atom stereocenters. The Hall–Kier alpha value is -1.51. The highest BCUT2D eigenvalue weighted by molar-refractivity contribution is 7.92. The third-order valence-electron chi connectivity index (χ3n) is 5.76. The van der Waals surface area contributed by atoms with Crippen LogP contribution in [-0.2, 0) is 14.6 Å². The van der Waals surface area contributed by atoms with Gasteiger partial charge in [-0.15, -0.1) is 0 Å². The molecule has 2 fully saturated rings. The van der Waals surface area contributed by atoms with Crippen molar-refractivity contribution in [3.63, 3.8) is 0 Å². The molecule has 7 nitrogen and oxygen atoms in total. The van der Waals surface area contributed by atoms with Crippen molar-refractivity contribution in [2.45, 2.75) is 37.0 Å². The average molecular weight is 443 g/mol. The monoisotopic (exact) mass is 442 g/mol. The Morgan fingerprint density at radius 3 is 2.79 bits per heavy atom. The van der Waals surface area contributed by atoms with Crippen LogP contribution >= 0.6 is 11.6 Å². The first-order valence-electron chi connectivity index (χ1n) is 10.2. The van der Waals surface area contributed by atoms with Gasteiger partial charge in [0, 0.05) is 55.9 Å². The van der Waals surface area contributed by atoms with E-state index in [9.17, 15) is 8.42 Å². The predicted molar refractivity (Wildman–Crippen MR) is 119 cm³/mol. The fourth-order valence-electron chi connectivity index (χ4n) is 3.91. The Labute approximate surface area is 178 Å². The maximum absolute atomic E-state index is 12.5. The van der Waals surface area contributed by atoms with Gasteiger partial charge in [-0.3, -0.25) is 4.99 Å². The van der Waals surface area contributed by atoms with Crippen LogP contribution in [0, 0.1) is 0 Å². The van der Waals surface area contributed by atoms with E-state index in [0.29, 0.717) is 38.6 Å². The first-order valence-corrected chi connectivity index (χ1v) is 12.4. The van der Waals surface area contributed by atoms with E-state index in [2.05, 4.69) is 26.6 Å². The molecule has 2 heterocycles. The Morgan fingerprint density at radius 2 is 2.14 bits per heavy atom. The van der Waals surface area contributed by atoms with Crippen LogP contribution in [-0.4, -0.2) is 70.8 Å². The highest BCUT2D eigenvalue weighted by Gasteiger charge is 2.42. The minimum atomic E-state index is -3.24. The van der Waals surface area contributed by atoms with Gasteiger partial charge in [0.15, 0.2) is 15.8 Å². The lowest BCUT2D eigenvalue weighted by Gasteiger charge is -2.34. The lowest BCUT2D eigenvalue weighted by molar-refractivity contribution is 0.0768. The Bertz CT molecular complexity index is 825. The van der Waals surface area contributed by atoms with E-state index in [1.54, 1.807) is 0 Å². The molecule has 1 aromatic rings. The molecule has 3 rings (SSSR count). The van der Waals surface area contributed by atoms with E-state index in [1.165, 1.54) is 6.26 Å². The highest BCUT2D eigenvalue weighted by atomic mass is 35.5. The fourth-order valence-corrected chi connectivity index (χ4v) is 5.30. The first kappa shape index (κ1) is 22.2. The van der Waals surface area contributed by atoms with Crippen molar-refractivity contribution in [1.82, 2.24) is 10.6 Å². The van der Waals surface area contributed by atoms with Crippen molar-refractivity contribution in [3.05, 3.63) is 29.3 Å². The zero-order valence-corrected chi connectivity index (χ0v) is 18.7. The summed E-state index contributed by atoms with van der Waals surface area (Å²) < 4.78 is 29.5. The topological polar surface area (TPSA) is 83.0 Å². The molecule has 162 valence electrons. The molecule has 0 amide bonds. The van der Waals surface area contributed by atoms with Gasteiger partial charge in [0.1, 0.15) is 0 Å². The molecule has 0 aromatic heterocycles. The summed E-state index contributed by atoms with van der Waals surface area (Å²) in [4.78, 5) is 6.97. The van der Waals surface area contributed by atoms with Gasteiger partial charge in [-0.1, -0.05) is 17.7 Å². The SMILES string of the molecule is CCNC(=NCC1(S(C)(=O)=O)CCOCC1)NC1CCN(c2cccc(Cl)c2)C1. The summed E-state index contributed by atoms with van der Waals surface area (Å²) in [5.41, 5.74) is 1.11. The number of ether oxygens (including phenoxy) is 1. The van der Waals surface area contributed by atoms with Crippen molar-refractivity contribution in [1.29, 1.82) is 0 Å². The summed E-state index contributed by atoms with van der Waals surface area (Å²) in [6.07, 6.45) is 3.26. The van der Waals surface area contributed by atoms with Crippen molar-refractivity contribution < 1.29 is 13.2 Å². The molecule has 0 aliphatic carbocycles. The second-order valence-electron chi connectivity index (χ2n) is 7.82. The molecule has 2 aliphatic heterocycles. The third kappa shape index (κ3) is 5.55. The number of hydrogen-bond donors (Lipinski definition) is 2. The fraction of sp³-hybridized carbons (Fsp3) is 0.650. The molecule has 2 N–H and O–H groups in total. The van der Waals surface area contributed by atoms with E-state index < -0.39 is 14.6 Å². The van der Waals surface area contributed by atoms with Gasteiger partial charge >= 0.3 is 0 Å². The molecule has 29 heavy (non-hydrogen) atoms. The molecule has 0 spiro atoms. The Morgan fingerprint density at radius 1 is 1.38 bits per heavy atom. The minimum absolute atomic E-state index is 0.232. The molecule has 9 heteroatoms.